The number of amides is 3. The van der Waals surface area contributed by atoms with Crippen molar-refractivity contribution in [3.8, 4) is 0 Å². The number of carbonyl (C=O) groups is 2. The summed E-state index contributed by atoms with van der Waals surface area (Å²) in [6, 6.07) is 0.389. The average molecular weight is 234 g/mol. The second-order valence-electron chi connectivity index (χ2n) is 5.20. The summed E-state index contributed by atoms with van der Waals surface area (Å²) in [7, 11) is 0. The van der Waals surface area contributed by atoms with Gasteiger partial charge < -0.3 is 4.90 Å². The summed E-state index contributed by atoms with van der Waals surface area (Å²) in [5, 5.41) is 0. The van der Waals surface area contributed by atoms with Crippen LogP contribution < -0.4 is 0 Å². The maximum absolute atomic E-state index is 12.3. The molecule has 1 saturated carbocycles. The molecule has 0 aromatic carbocycles. The number of nitrogens with zero attached hydrogens (tertiary/aromatic N) is 2. The Bertz CT molecular complexity index is 374. The van der Waals surface area contributed by atoms with Gasteiger partial charge in [0.15, 0.2) is 0 Å². The van der Waals surface area contributed by atoms with Gasteiger partial charge in [0, 0.05) is 12.1 Å². The van der Waals surface area contributed by atoms with Crippen molar-refractivity contribution in [2.75, 3.05) is 6.54 Å². The summed E-state index contributed by atoms with van der Waals surface area (Å²) in [6.45, 7) is 0.309. The van der Waals surface area contributed by atoms with Crippen LogP contribution in [-0.4, -0.2) is 40.4 Å². The molecule has 2 aliphatic carbocycles. The highest BCUT2D eigenvalue weighted by atomic mass is 16.2. The molecule has 4 nitrogen and oxygen atoms in total. The highest BCUT2D eigenvalue weighted by Gasteiger charge is 2.44. The van der Waals surface area contributed by atoms with Crippen LogP contribution in [0.2, 0.25) is 0 Å². The zero-order chi connectivity index (χ0) is 11.8. The van der Waals surface area contributed by atoms with Crippen molar-refractivity contribution >= 4 is 11.9 Å². The van der Waals surface area contributed by atoms with Crippen molar-refractivity contribution in [3.05, 3.63) is 12.2 Å². The van der Waals surface area contributed by atoms with Crippen molar-refractivity contribution in [2.45, 2.75) is 50.6 Å². The van der Waals surface area contributed by atoms with Crippen LogP contribution in [0.1, 0.15) is 38.5 Å². The number of hydrogen-bond acceptors (Lipinski definition) is 2. The summed E-state index contributed by atoms with van der Waals surface area (Å²) in [4.78, 5) is 27.5. The minimum atomic E-state index is -0.0417. The molecule has 3 rings (SSSR count). The molecule has 0 radical (unpaired) electrons. The van der Waals surface area contributed by atoms with E-state index in [9.17, 15) is 9.59 Å². The SMILES string of the molecule is O=C1CN(C2CCC2)C(=O)N1C1CC=CCC1. The van der Waals surface area contributed by atoms with E-state index in [1.54, 1.807) is 4.90 Å². The number of urea groups is 1. The molecule has 0 N–H and O–H groups in total. The second kappa shape index (κ2) is 4.17. The van der Waals surface area contributed by atoms with Crippen LogP contribution in [0.25, 0.3) is 0 Å². The molecule has 1 aliphatic heterocycles. The molecular weight excluding hydrogens is 216 g/mol. The predicted molar refractivity (Wildman–Crippen MR) is 63.4 cm³/mol. The van der Waals surface area contributed by atoms with E-state index in [2.05, 4.69) is 12.2 Å². The molecule has 1 atom stereocenters. The van der Waals surface area contributed by atoms with Crippen LogP contribution >= 0.6 is 0 Å². The molecule has 0 aromatic rings. The van der Waals surface area contributed by atoms with Gasteiger partial charge in [0.1, 0.15) is 6.54 Å². The van der Waals surface area contributed by atoms with E-state index in [1.807, 2.05) is 0 Å². The topological polar surface area (TPSA) is 40.6 Å². The lowest BCUT2D eigenvalue weighted by atomic mass is 9.92. The van der Waals surface area contributed by atoms with Crippen molar-refractivity contribution in [1.82, 2.24) is 9.80 Å². The molecule has 17 heavy (non-hydrogen) atoms. The highest BCUT2D eigenvalue weighted by molar-refractivity contribution is 6.02. The number of hydrogen-bond donors (Lipinski definition) is 0. The number of rotatable bonds is 2. The van der Waals surface area contributed by atoms with Crippen molar-refractivity contribution < 1.29 is 9.59 Å². The number of allylic oxidation sites excluding steroid dienone is 1. The monoisotopic (exact) mass is 234 g/mol. The Kier molecular flexibility index (Phi) is 2.65. The fraction of sp³-hybridized carbons (Fsp3) is 0.692. The van der Waals surface area contributed by atoms with E-state index < -0.39 is 0 Å². The maximum Gasteiger partial charge on any atom is 0.327 e. The molecule has 92 valence electrons. The number of imide groups is 1. The lowest BCUT2D eigenvalue weighted by molar-refractivity contribution is -0.127. The van der Waals surface area contributed by atoms with Gasteiger partial charge in [-0.05, 0) is 38.5 Å². The van der Waals surface area contributed by atoms with Gasteiger partial charge in [-0.25, -0.2) is 4.79 Å². The van der Waals surface area contributed by atoms with E-state index in [-0.39, 0.29) is 18.0 Å². The summed E-state index contributed by atoms with van der Waals surface area (Å²) in [5.41, 5.74) is 0. The van der Waals surface area contributed by atoms with Crippen molar-refractivity contribution in [3.63, 3.8) is 0 Å². The Morgan fingerprint density at radius 2 is 1.88 bits per heavy atom. The van der Waals surface area contributed by atoms with E-state index in [1.165, 1.54) is 11.3 Å². The Morgan fingerprint density at radius 1 is 1.06 bits per heavy atom. The Morgan fingerprint density at radius 3 is 2.47 bits per heavy atom. The lowest BCUT2D eigenvalue weighted by Gasteiger charge is -2.34. The first kappa shape index (κ1) is 10.8. The summed E-state index contributed by atoms with van der Waals surface area (Å²) < 4.78 is 0. The molecule has 1 heterocycles. The quantitative estimate of drug-likeness (QED) is 0.541. The normalized spacial score (nSPS) is 30.0. The van der Waals surface area contributed by atoms with Gasteiger partial charge >= 0.3 is 6.03 Å². The lowest BCUT2D eigenvalue weighted by Crippen LogP contribution is -2.45. The summed E-state index contributed by atoms with van der Waals surface area (Å²) >= 11 is 0. The van der Waals surface area contributed by atoms with Gasteiger partial charge in [0.25, 0.3) is 5.91 Å². The first-order chi connectivity index (χ1) is 8.27. The first-order valence-corrected chi connectivity index (χ1v) is 6.55. The molecule has 0 aromatic heterocycles. The van der Waals surface area contributed by atoms with Crippen LogP contribution in [0.15, 0.2) is 12.2 Å². The molecule has 1 saturated heterocycles. The Balaban J connectivity index is 1.73. The molecule has 0 bridgehead atoms. The standard InChI is InChI=1S/C13H18N2O2/c16-12-9-14(10-7-4-8-10)13(17)15(12)11-5-2-1-3-6-11/h1-2,10-11H,3-9H2. The predicted octanol–water partition coefficient (Wildman–Crippen LogP) is 1.91. The molecule has 0 spiro atoms. The fourth-order valence-electron chi connectivity index (χ4n) is 2.89. The Hall–Kier alpha value is -1.32. The van der Waals surface area contributed by atoms with Crippen LogP contribution in [0.3, 0.4) is 0 Å². The molecule has 3 amide bonds. The summed E-state index contributed by atoms with van der Waals surface area (Å²) in [6.07, 6.45) is 10.3. The highest BCUT2D eigenvalue weighted by Crippen LogP contribution is 2.30. The largest absolute Gasteiger partial charge is 0.327 e. The van der Waals surface area contributed by atoms with Crippen LogP contribution in [0, 0.1) is 0 Å². The smallest absolute Gasteiger partial charge is 0.312 e. The Labute approximate surface area is 101 Å². The van der Waals surface area contributed by atoms with Crippen LogP contribution in [0.4, 0.5) is 4.79 Å². The summed E-state index contributed by atoms with van der Waals surface area (Å²) in [5.74, 6) is 0.00204. The number of carbonyl (C=O) groups excluding carboxylic acids is 2. The van der Waals surface area contributed by atoms with Gasteiger partial charge in [-0.1, -0.05) is 12.2 Å². The van der Waals surface area contributed by atoms with E-state index in [0.717, 1.165) is 32.1 Å². The maximum atomic E-state index is 12.3. The molecule has 3 aliphatic rings. The van der Waals surface area contributed by atoms with E-state index in [4.69, 9.17) is 0 Å². The van der Waals surface area contributed by atoms with Gasteiger partial charge in [0.05, 0.1) is 0 Å². The second-order valence-corrected chi connectivity index (χ2v) is 5.20. The van der Waals surface area contributed by atoms with Crippen LogP contribution in [-0.2, 0) is 4.79 Å². The average Bonchev–Trinajstić information content (AvgIpc) is 2.54. The van der Waals surface area contributed by atoms with E-state index in [0.29, 0.717) is 12.6 Å². The molecule has 2 fully saturated rings. The van der Waals surface area contributed by atoms with Crippen LogP contribution in [0.5, 0.6) is 0 Å². The van der Waals surface area contributed by atoms with Gasteiger partial charge in [-0.15, -0.1) is 0 Å². The third-order valence-electron chi connectivity index (χ3n) is 4.15. The van der Waals surface area contributed by atoms with Crippen molar-refractivity contribution in [1.29, 1.82) is 0 Å². The third kappa shape index (κ3) is 1.75. The first-order valence-electron chi connectivity index (χ1n) is 6.55. The molecule has 4 heteroatoms. The van der Waals surface area contributed by atoms with Crippen molar-refractivity contribution in [2.24, 2.45) is 0 Å². The molecular formula is C13H18N2O2. The van der Waals surface area contributed by atoms with E-state index >= 15 is 0 Å². The minimum absolute atomic E-state index is 0.00204. The zero-order valence-electron chi connectivity index (χ0n) is 9.97. The minimum Gasteiger partial charge on any atom is -0.312 e. The van der Waals surface area contributed by atoms with Gasteiger partial charge in [0.2, 0.25) is 0 Å². The fourth-order valence-corrected chi connectivity index (χ4v) is 2.89. The third-order valence-corrected chi connectivity index (χ3v) is 4.15. The van der Waals surface area contributed by atoms with Gasteiger partial charge in [-0.3, -0.25) is 9.69 Å². The zero-order valence-corrected chi connectivity index (χ0v) is 9.97. The molecule has 1 unspecified atom stereocenters. The van der Waals surface area contributed by atoms with Gasteiger partial charge in [-0.2, -0.15) is 0 Å².